The SMILES string of the molecule is CC(C)(CCCCOc1cc(-c2ccccc2)cc(-c2ccccc2)n1)c1nnn(CCCCC(=O)NCOCCOCCOCCOCCOCCOCCOCCNC(=O)c2ccc(N/N=C/c3ccccc3S(=O)(=O)O)nc2)n1. The first-order valence-corrected chi connectivity index (χ1v) is 28.8. The average molecular weight is 1150 g/mol. The number of tetrazole rings is 1. The Kier molecular flexibility index (Phi) is 28.4. The van der Waals surface area contributed by atoms with Crippen LogP contribution < -0.4 is 20.8 Å². The third kappa shape index (κ3) is 24.5. The second kappa shape index (κ2) is 36.4. The number of nitrogens with one attached hydrogen (secondary N) is 3. The van der Waals surface area contributed by atoms with Crippen molar-refractivity contribution in [2.45, 2.75) is 69.2 Å². The molecule has 0 saturated heterocycles. The minimum atomic E-state index is -4.40. The molecule has 6 aromatic rings. The highest BCUT2D eigenvalue weighted by Crippen LogP contribution is 2.30. The molecule has 0 atom stereocenters. The predicted octanol–water partition coefficient (Wildman–Crippen LogP) is 6.81. The average Bonchev–Trinajstić information content (AvgIpc) is 4.05. The number of benzene rings is 3. The Morgan fingerprint density at radius 3 is 1.90 bits per heavy atom. The van der Waals surface area contributed by atoms with Crippen molar-refractivity contribution < 1.29 is 60.5 Å². The quantitative estimate of drug-likeness (QED) is 0.0101. The maximum absolute atomic E-state index is 12.4. The van der Waals surface area contributed by atoms with Crippen molar-refractivity contribution in [3.8, 4) is 28.3 Å². The van der Waals surface area contributed by atoms with Gasteiger partial charge in [-0.3, -0.25) is 19.6 Å². The molecule has 0 radical (unpaired) electrons. The van der Waals surface area contributed by atoms with E-state index in [1.54, 1.807) is 23.0 Å². The van der Waals surface area contributed by atoms with Gasteiger partial charge in [0, 0.05) is 41.8 Å². The first-order chi connectivity index (χ1) is 39.9. The van der Waals surface area contributed by atoms with Gasteiger partial charge in [-0.2, -0.15) is 18.3 Å². The number of unbranched alkanes of at least 4 members (excludes halogenated alkanes) is 2. The summed E-state index contributed by atoms with van der Waals surface area (Å²) in [4.78, 5) is 35.0. The number of rotatable bonds is 42. The molecule has 0 saturated carbocycles. The molecular weight excluding hydrogens is 1080 g/mol. The molecule has 23 nitrogen and oxygen atoms in total. The fourth-order valence-electron chi connectivity index (χ4n) is 7.77. The van der Waals surface area contributed by atoms with Gasteiger partial charge in [-0.05, 0) is 72.7 Å². The van der Waals surface area contributed by atoms with Gasteiger partial charge in [0.2, 0.25) is 11.8 Å². The van der Waals surface area contributed by atoms with Crippen molar-refractivity contribution in [2.75, 3.05) is 111 Å². The monoisotopic (exact) mass is 1150 g/mol. The van der Waals surface area contributed by atoms with Crippen LogP contribution in [0, 0.1) is 0 Å². The van der Waals surface area contributed by atoms with Gasteiger partial charge in [0.15, 0.2) is 5.82 Å². The first-order valence-electron chi connectivity index (χ1n) is 27.4. The fourth-order valence-corrected chi connectivity index (χ4v) is 8.44. The fraction of sp³-hybridized carbons (Fsp3) is 0.448. The molecule has 3 heterocycles. The summed E-state index contributed by atoms with van der Waals surface area (Å²) in [6.07, 6.45) is 7.04. The highest BCUT2D eigenvalue weighted by molar-refractivity contribution is 7.86. The lowest BCUT2D eigenvalue weighted by Crippen LogP contribution is -2.27. The van der Waals surface area contributed by atoms with Crippen molar-refractivity contribution in [1.82, 2.24) is 40.8 Å². The standard InChI is InChI=1S/C58H76N10O13S/c1-58(2,24-12-14-27-81-55-42-50(46-15-5-3-6-16-46)41-51(63-55)47-17-7-4-8-18-47)57-65-67-68(66-57)26-13-11-21-54(69)61-45-80-40-39-79-38-37-78-36-35-77-34-33-76-32-31-75-30-29-74-28-25-59-56(70)49-22-23-53(60-43-49)64-62-44-48-19-9-10-20-52(48)82(71,72)73/h3-10,15-20,22-23,41-44H,11-14,21,24-40,45H2,1-2H3,(H,59,70)(H,60,64)(H,61,69)(H,71,72,73)/b62-44+. The molecule has 0 fully saturated rings. The smallest absolute Gasteiger partial charge is 0.295 e. The molecule has 0 bridgehead atoms. The number of aryl methyl sites for hydroxylation is 1. The third-order valence-electron chi connectivity index (χ3n) is 12.2. The van der Waals surface area contributed by atoms with Crippen LogP contribution in [0.4, 0.5) is 5.82 Å². The molecule has 0 unspecified atom stereocenters. The van der Waals surface area contributed by atoms with Crippen molar-refractivity contribution in [1.29, 1.82) is 0 Å². The zero-order valence-electron chi connectivity index (χ0n) is 46.7. The van der Waals surface area contributed by atoms with E-state index in [1.807, 2.05) is 42.5 Å². The summed E-state index contributed by atoms with van der Waals surface area (Å²) < 4.78 is 77.2. The number of nitrogens with zero attached hydrogens (tertiary/aromatic N) is 7. The molecule has 0 aliphatic heterocycles. The Hall–Kier alpha value is -7.13. The Morgan fingerprint density at radius 2 is 1.27 bits per heavy atom. The molecule has 4 N–H and O–H groups in total. The van der Waals surface area contributed by atoms with Crippen LogP contribution >= 0.6 is 0 Å². The number of aromatic nitrogens is 6. The molecule has 442 valence electrons. The molecule has 24 heteroatoms. The maximum Gasteiger partial charge on any atom is 0.295 e. The van der Waals surface area contributed by atoms with Crippen molar-refractivity contribution in [2.24, 2.45) is 5.10 Å². The van der Waals surface area contributed by atoms with E-state index in [1.165, 1.54) is 30.6 Å². The minimum absolute atomic E-state index is 0.0855. The highest BCUT2D eigenvalue weighted by atomic mass is 32.2. The molecule has 6 rings (SSSR count). The van der Waals surface area contributed by atoms with Gasteiger partial charge in [0.05, 0.1) is 117 Å². The number of hydrogen-bond acceptors (Lipinski definition) is 19. The molecule has 0 aliphatic carbocycles. The summed E-state index contributed by atoms with van der Waals surface area (Å²) in [5, 5.41) is 22.8. The Morgan fingerprint density at radius 1 is 0.659 bits per heavy atom. The topological polar surface area (TPSA) is 280 Å². The predicted molar refractivity (Wildman–Crippen MR) is 307 cm³/mol. The van der Waals surface area contributed by atoms with E-state index in [0.717, 1.165) is 48.1 Å². The summed E-state index contributed by atoms with van der Waals surface area (Å²) >= 11 is 0. The summed E-state index contributed by atoms with van der Waals surface area (Å²) in [5.74, 6) is 1.22. The summed E-state index contributed by atoms with van der Waals surface area (Å²) in [6.45, 7) is 10.9. The third-order valence-corrected chi connectivity index (χ3v) is 13.2. The van der Waals surface area contributed by atoms with Crippen molar-refractivity contribution in [3.63, 3.8) is 0 Å². The van der Waals surface area contributed by atoms with Gasteiger partial charge in [-0.25, -0.2) is 9.97 Å². The summed E-state index contributed by atoms with van der Waals surface area (Å²) in [6, 6.07) is 33.5. The first kappa shape index (κ1) is 64.0. The van der Waals surface area contributed by atoms with E-state index in [9.17, 15) is 22.6 Å². The number of ether oxygens (including phenoxy) is 8. The molecule has 3 aromatic carbocycles. The Balaban J connectivity index is 0.658. The highest BCUT2D eigenvalue weighted by Gasteiger charge is 2.26. The number of carbonyl (C=O) groups excluding carboxylic acids is 2. The van der Waals surface area contributed by atoms with Gasteiger partial charge in [0.1, 0.15) is 17.4 Å². The molecule has 0 spiro atoms. The molecule has 0 aliphatic rings. The number of hydrazone groups is 1. The van der Waals surface area contributed by atoms with E-state index in [0.29, 0.717) is 135 Å². The van der Waals surface area contributed by atoms with E-state index < -0.39 is 10.1 Å². The number of amides is 2. The summed E-state index contributed by atoms with van der Waals surface area (Å²) in [7, 11) is -4.40. The van der Waals surface area contributed by atoms with Crippen LogP contribution in [-0.4, -0.2) is 167 Å². The molecule has 2 amide bonds. The van der Waals surface area contributed by atoms with Crippen LogP contribution in [0.3, 0.4) is 0 Å². The van der Waals surface area contributed by atoms with Crippen LogP contribution in [0.15, 0.2) is 125 Å². The Bertz CT molecular complexity index is 2860. The van der Waals surface area contributed by atoms with Gasteiger partial charge >= 0.3 is 0 Å². The van der Waals surface area contributed by atoms with Crippen LogP contribution in [0.1, 0.15) is 74.1 Å². The number of anilines is 1. The van der Waals surface area contributed by atoms with E-state index in [-0.39, 0.29) is 41.0 Å². The van der Waals surface area contributed by atoms with Crippen LogP contribution in [0.5, 0.6) is 5.88 Å². The van der Waals surface area contributed by atoms with Gasteiger partial charge in [0.25, 0.3) is 16.0 Å². The van der Waals surface area contributed by atoms with Crippen LogP contribution in [0.25, 0.3) is 22.4 Å². The van der Waals surface area contributed by atoms with Crippen molar-refractivity contribution >= 4 is 34.0 Å². The van der Waals surface area contributed by atoms with Crippen LogP contribution in [-0.2, 0) is 60.0 Å². The molecule has 82 heavy (non-hydrogen) atoms. The minimum Gasteiger partial charge on any atom is -0.478 e. The van der Waals surface area contributed by atoms with E-state index in [4.69, 9.17) is 42.9 Å². The second-order valence-electron chi connectivity index (χ2n) is 19.1. The zero-order chi connectivity index (χ0) is 57.9. The molecule has 3 aromatic heterocycles. The largest absolute Gasteiger partial charge is 0.478 e. The normalized spacial score (nSPS) is 11.7. The number of pyridine rings is 2. The summed E-state index contributed by atoms with van der Waals surface area (Å²) in [5.41, 5.74) is 7.00. The van der Waals surface area contributed by atoms with Gasteiger partial charge in [-0.1, -0.05) is 92.7 Å². The second-order valence-corrected chi connectivity index (χ2v) is 20.5. The lowest BCUT2D eigenvalue weighted by atomic mass is 9.86. The van der Waals surface area contributed by atoms with Crippen molar-refractivity contribution in [3.05, 3.63) is 132 Å². The molecular formula is C58H76N10O13S. The number of carbonyl (C=O) groups is 2. The lowest BCUT2D eigenvalue weighted by molar-refractivity contribution is -0.123. The number of hydrogen-bond donors (Lipinski definition) is 4. The van der Waals surface area contributed by atoms with E-state index >= 15 is 0 Å². The maximum atomic E-state index is 12.4. The Labute approximate surface area is 479 Å². The van der Waals surface area contributed by atoms with Gasteiger partial charge in [-0.15, -0.1) is 10.2 Å². The van der Waals surface area contributed by atoms with Crippen LogP contribution in [0.2, 0.25) is 0 Å². The zero-order valence-corrected chi connectivity index (χ0v) is 47.5. The van der Waals surface area contributed by atoms with E-state index in [2.05, 4.69) is 85.7 Å². The van der Waals surface area contributed by atoms with Gasteiger partial charge < -0.3 is 48.5 Å². The lowest BCUT2D eigenvalue weighted by Gasteiger charge is -2.20.